The molecule has 1 aliphatic rings. The minimum absolute atomic E-state index is 0.199. The highest BCUT2D eigenvalue weighted by molar-refractivity contribution is 7.90. The van der Waals surface area contributed by atoms with Crippen LogP contribution in [0.4, 0.5) is 14.6 Å². The molecule has 0 radical (unpaired) electrons. The molecule has 0 saturated carbocycles. The average Bonchev–Trinajstić information content (AvgIpc) is 2.35. The molecule has 0 unspecified atom stereocenters. The summed E-state index contributed by atoms with van der Waals surface area (Å²) in [6.07, 6.45) is 4.01. The third-order valence-corrected chi connectivity index (χ3v) is 3.52. The molecule has 1 aliphatic heterocycles. The third-order valence-electron chi connectivity index (χ3n) is 2.66. The van der Waals surface area contributed by atoms with Gasteiger partial charge in [0.1, 0.15) is 5.82 Å². The predicted octanol–water partition coefficient (Wildman–Crippen LogP) is 0.952. The summed E-state index contributed by atoms with van der Waals surface area (Å²) in [5, 5.41) is -0.260. The maximum Gasteiger partial charge on any atom is 0.345 e. The number of anilines is 1. The fourth-order valence-corrected chi connectivity index (χ4v) is 2.35. The molecule has 2 heterocycles. The van der Waals surface area contributed by atoms with Gasteiger partial charge in [-0.3, -0.25) is 0 Å². The number of nitrogens with zero attached hydrogens (tertiary/aromatic N) is 3. The minimum Gasteiger partial charge on any atom is -0.355 e. The maximum atomic E-state index is 12.0. The van der Waals surface area contributed by atoms with Crippen LogP contribution in [0.5, 0.6) is 0 Å². The Bertz CT molecular complexity index is 646. The number of likely N-dealkylation sites (N-methyl/N-ethyl adjacent to an activating group) is 1. The van der Waals surface area contributed by atoms with Crippen molar-refractivity contribution in [1.82, 2.24) is 9.97 Å². The van der Waals surface area contributed by atoms with Crippen LogP contribution in [0.1, 0.15) is 5.56 Å². The summed E-state index contributed by atoms with van der Waals surface area (Å²) < 4.78 is 51.1. The quantitative estimate of drug-likeness (QED) is 0.771. The molecule has 20 heavy (non-hydrogen) atoms. The lowest BCUT2D eigenvalue weighted by atomic mass is 10.1. The molecule has 0 N–H and O–H groups in total. The van der Waals surface area contributed by atoms with E-state index in [2.05, 4.69) is 14.7 Å². The van der Waals surface area contributed by atoms with Crippen molar-refractivity contribution in [3.8, 4) is 0 Å². The second-order valence-electron chi connectivity index (χ2n) is 4.43. The van der Waals surface area contributed by atoms with Gasteiger partial charge in [0.2, 0.25) is 15.0 Å². The van der Waals surface area contributed by atoms with Gasteiger partial charge in [-0.2, -0.15) is 8.78 Å². The molecule has 0 amide bonds. The van der Waals surface area contributed by atoms with E-state index in [9.17, 15) is 17.2 Å². The van der Waals surface area contributed by atoms with Gasteiger partial charge in [0.15, 0.2) is 0 Å². The number of aromatic nitrogens is 2. The normalized spacial score (nSPS) is 15.2. The van der Waals surface area contributed by atoms with Gasteiger partial charge >= 0.3 is 6.61 Å². The van der Waals surface area contributed by atoms with E-state index in [1.165, 1.54) is 6.20 Å². The largest absolute Gasteiger partial charge is 0.355 e. The van der Waals surface area contributed by atoms with Crippen molar-refractivity contribution in [3.05, 3.63) is 17.3 Å². The molecular weight excluding hydrogens is 292 g/mol. The van der Waals surface area contributed by atoms with Gasteiger partial charge in [-0.15, -0.1) is 0 Å². The molecule has 0 saturated heterocycles. The SMILES string of the molecule is CN1CC(COC(F)F)=Cc2cnc(S(C)(=O)=O)nc21. The van der Waals surface area contributed by atoms with Crippen molar-refractivity contribution in [2.24, 2.45) is 0 Å². The number of fused-ring (bicyclic) bond motifs is 1. The van der Waals surface area contributed by atoms with Crippen molar-refractivity contribution >= 4 is 21.7 Å². The van der Waals surface area contributed by atoms with Crippen LogP contribution >= 0.6 is 0 Å². The van der Waals surface area contributed by atoms with E-state index < -0.39 is 16.4 Å². The first-order valence-electron chi connectivity index (χ1n) is 5.65. The second kappa shape index (κ2) is 5.41. The summed E-state index contributed by atoms with van der Waals surface area (Å²) in [5.41, 5.74) is 1.20. The molecule has 0 aliphatic carbocycles. The molecule has 2 rings (SSSR count). The Morgan fingerprint density at radius 2 is 2.20 bits per heavy atom. The van der Waals surface area contributed by atoms with Gasteiger partial charge in [0.05, 0.1) is 6.61 Å². The van der Waals surface area contributed by atoms with Gasteiger partial charge < -0.3 is 9.64 Å². The summed E-state index contributed by atoms with van der Waals surface area (Å²) in [7, 11) is -1.80. The Morgan fingerprint density at radius 3 is 2.80 bits per heavy atom. The van der Waals surface area contributed by atoms with Crippen molar-refractivity contribution in [2.45, 2.75) is 11.8 Å². The van der Waals surface area contributed by atoms with Crippen LogP contribution in [-0.2, 0) is 14.6 Å². The van der Waals surface area contributed by atoms with Gasteiger partial charge in [-0.1, -0.05) is 0 Å². The third kappa shape index (κ3) is 3.28. The highest BCUT2D eigenvalue weighted by Crippen LogP contribution is 2.26. The lowest BCUT2D eigenvalue weighted by Gasteiger charge is -2.26. The van der Waals surface area contributed by atoms with Gasteiger partial charge in [0, 0.05) is 31.6 Å². The molecule has 9 heteroatoms. The maximum absolute atomic E-state index is 12.0. The Balaban J connectivity index is 2.32. The van der Waals surface area contributed by atoms with Crippen LogP contribution in [0.15, 0.2) is 16.9 Å². The van der Waals surface area contributed by atoms with Crippen LogP contribution in [-0.4, -0.2) is 51.5 Å². The Morgan fingerprint density at radius 1 is 1.50 bits per heavy atom. The summed E-state index contributed by atoms with van der Waals surface area (Å²) in [6.45, 7) is -2.69. The number of alkyl halides is 2. The monoisotopic (exact) mass is 305 g/mol. The zero-order valence-corrected chi connectivity index (χ0v) is 11.7. The zero-order chi connectivity index (χ0) is 14.9. The molecule has 1 aromatic rings. The number of rotatable bonds is 4. The predicted molar refractivity (Wildman–Crippen MR) is 68.3 cm³/mol. The first-order valence-corrected chi connectivity index (χ1v) is 7.54. The Hall–Kier alpha value is -1.61. The van der Waals surface area contributed by atoms with Crippen LogP contribution in [0.25, 0.3) is 6.08 Å². The van der Waals surface area contributed by atoms with E-state index in [-0.39, 0.29) is 11.8 Å². The molecule has 0 aromatic carbocycles. The van der Waals surface area contributed by atoms with Crippen LogP contribution in [0.2, 0.25) is 0 Å². The first kappa shape index (κ1) is 14.8. The summed E-state index contributed by atoms with van der Waals surface area (Å²) in [4.78, 5) is 9.42. The molecule has 0 bridgehead atoms. The van der Waals surface area contributed by atoms with E-state index in [1.54, 1.807) is 18.0 Å². The van der Waals surface area contributed by atoms with Crippen LogP contribution < -0.4 is 4.90 Å². The molecule has 110 valence electrons. The topological polar surface area (TPSA) is 72.4 Å². The molecule has 0 fully saturated rings. The van der Waals surface area contributed by atoms with Crippen LogP contribution in [0.3, 0.4) is 0 Å². The van der Waals surface area contributed by atoms with Crippen molar-refractivity contribution in [1.29, 1.82) is 0 Å². The minimum atomic E-state index is -3.49. The Labute approximate surface area is 115 Å². The molecular formula is C11H13F2N3O3S. The van der Waals surface area contributed by atoms with E-state index in [0.29, 0.717) is 23.5 Å². The summed E-state index contributed by atoms with van der Waals surface area (Å²) in [6, 6.07) is 0. The molecule has 6 nitrogen and oxygen atoms in total. The number of halogens is 2. The summed E-state index contributed by atoms with van der Waals surface area (Å²) >= 11 is 0. The van der Waals surface area contributed by atoms with Crippen molar-refractivity contribution < 1.29 is 21.9 Å². The molecule has 1 aromatic heterocycles. The van der Waals surface area contributed by atoms with E-state index >= 15 is 0 Å². The second-order valence-corrected chi connectivity index (χ2v) is 6.34. The molecule has 0 spiro atoms. The van der Waals surface area contributed by atoms with E-state index in [0.717, 1.165) is 6.26 Å². The van der Waals surface area contributed by atoms with Crippen molar-refractivity contribution in [2.75, 3.05) is 31.4 Å². The average molecular weight is 305 g/mol. The lowest BCUT2D eigenvalue weighted by Crippen LogP contribution is -2.28. The lowest BCUT2D eigenvalue weighted by molar-refractivity contribution is -0.121. The highest BCUT2D eigenvalue weighted by atomic mass is 32.2. The summed E-state index contributed by atoms with van der Waals surface area (Å²) in [5.74, 6) is 0.446. The number of sulfone groups is 1. The van der Waals surface area contributed by atoms with E-state index in [4.69, 9.17) is 0 Å². The number of hydrogen-bond donors (Lipinski definition) is 0. The van der Waals surface area contributed by atoms with Crippen molar-refractivity contribution in [3.63, 3.8) is 0 Å². The van der Waals surface area contributed by atoms with E-state index in [1.807, 2.05) is 0 Å². The Kier molecular flexibility index (Phi) is 4.00. The molecule has 0 atom stereocenters. The fourth-order valence-electron chi connectivity index (χ4n) is 1.86. The van der Waals surface area contributed by atoms with Crippen LogP contribution in [0, 0.1) is 0 Å². The zero-order valence-electron chi connectivity index (χ0n) is 10.9. The first-order chi connectivity index (χ1) is 9.27. The van der Waals surface area contributed by atoms with Gasteiger partial charge in [-0.05, 0) is 11.6 Å². The number of ether oxygens (including phenoxy) is 1. The van der Waals surface area contributed by atoms with Gasteiger partial charge in [0.25, 0.3) is 0 Å². The standard InChI is InChI=1S/C11H13F2N3O3S/c1-16-5-7(6-19-10(12)13)3-8-4-14-11(15-9(8)16)20(2,17)18/h3-4,10H,5-6H2,1-2H3. The smallest absolute Gasteiger partial charge is 0.345 e. The fraction of sp³-hybridized carbons (Fsp3) is 0.455. The number of hydrogen-bond acceptors (Lipinski definition) is 6. The van der Waals surface area contributed by atoms with Gasteiger partial charge in [-0.25, -0.2) is 18.4 Å². The highest BCUT2D eigenvalue weighted by Gasteiger charge is 2.21.